The maximum absolute atomic E-state index is 12.6. The van der Waals surface area contributed by atoms with Crippen LogP contribution >= 0.6 is 0 Å². The summed E-state index contributed by atoms with van der Waals surface area (Å²) in [5, 5.41) is 11.4. The van der Waals surface area contributed by atoms with E-state index in [1.54, 1.807) is 11.8 Å². The van der Waals surface area contributed by atoms with Crippen molar-refractivity contribution >= 4 is 17.6 Å². The third-order valence-corrected chi connectivity index (χ3v) is 4.55. The number of hydrogen-bond acceptors (Lipinski definition) is 7. The van der Waals surface area contributed by atoms with Crippen molar-refractivity contribution in [2.24, 2.45) is 0 Å². The number of carbonyl (C=O) groups excluding carboxylic acids is 2. The number of amides is 1. The van der Waals surface area contributed by atoms with Gasteiger partial charge >= 0.3 is 5.97 Å². The van der Waals surface area contributed by atoms with Crippen LogP contribution in [0.4, 0.5) is 5.69 Å². The Balaban J connectivity index is 2.22. The fraction of sp³-hybridized carbons (Fsp3) is 0.579. The lowest BCUT2D eigenvalue weighted by Crippen LogP contribution is -2.40. The number of nitro benzene ring substituents is 1. The van der Waals surface area contributed by atoms with E-state index in [4.69, 9.17) is 14.2 Å². The van der Waals surface area contributed by atoms with Gasteiger partial charge in [-0.25, -0.2) is 4.79 Å². The molecule has 1 heterocycles. The van der Waals surface area contributed by atoms with E-state index in [0.29, 0.717) is 13.1 Å². The SMILES string of the molecule is CCOc1cc(C(=O)O[C@@H](C)C(=O)N2CCCCCC2)c([N+](=O)[O-])cc1OC. The van der Waals surface area contributed by atoms with Gasteiger partial charge < -0.3 is 19.1 Å². The van der Waals surface area contributed by atoms with Gasteiger partial charge in [0.05, 0.1) is 24.7 Å². The standard InChI is InChI=1S/C19H26N2O7/c1-4-27-17-11-14(15(21(24)25)12-16(17)26-3)19(23)28-13(2)18(22)20-9-7-5-6-8-10-20/h11-13H,4-10H2,1-3H3/t13-/m0/s1. The molecule has 0 aromatic heterocycles. The number of benzene rings is 1. The van der Waals surface area contributed by atoms with Crippen molar-refractivity contribution in [3.8, 4) is 11.5 Å². The quantitative estimate of drug-likeness (QED) is 0.397. The first kappa shape index (κ1) is 21.5. The number of likely N-dealkylation sites (tertiary alicyclic amines) is 1. The smallest absolute Gasteiger partial charge is 0.346 e. The Morgan fingerprint density at radius 2 is 1.82 bits per heavy atom. The molecule has 1 saturated heterocycles. The Morgan fingerprint density at radius 3 is 2.36 bits per heavy atom. The van der Waals surface area contributed by atoms with E-state index in [-0.39, 0.29) is 29.6 Å². The van der Waals surface area contributed by atoms with Gasteiger partial charge in [-0.2, -0.15) is 0 Å². The monoisotopic (exact) mass is 394 g/mol. The Labute approximate surface area is 163 Å². The molecule has 1 atom stereocenters. The van der Waals surface area contributed by atoms with Crippen LogP contribution in [-0.2, 0) is 9.53 Å². The maximum atomic E-state index is 12.6. The zero-order chi connectivity index (χ0) is 20.7. The summed E-state index contributed by atoms with van der Waals surface area (Å²) in [6.07, 6.45) is 2.91. The van der Waals surface area contributed by atoms with Gasteiger partial charge in [0, 0.05) is 19.2 Å². The van der Waals surface area contributed by atoms with E-state index >= 15 is 0 Å². The largest absolute Gasteiger partial charge is 0.493 e. The highest BCUT2D eigenvalue weighted by molar-refractivity contribution is 5.96. The van der Waals surface area contributed by atoms with Crippen LogP contribution in [0.5, 0.6) is 11.5 Å². The molecule has 1 aliphatic rings. The highest BCUT2D eigenvalue weighted by atomic mass is 16.6. The first-order valence-corrected chi connectivity index (χ1v) is 9.38. The number of hydrogen-bond donors (Lipinski definition) is 0. The third-order valence-electron chi connectivity index (χ3n) is 4.55. The van der Waals surface area contributed by atoms with Gasteiger partial charge in [-0.05, 0) is 26.7 Å². The van der Waals surface area contributed by atoms with Crippen molar-refractivity contribution in [3.63, 3.8) is 0 Å². The van der Waals surface area contributed by atoms with Crippen molar-refractivity contribution < 1.29 is 28.7 Å². The molecule has 1 aromatic rings. The minimum Gasteiger partial charge on any atom is -0.493 e. The highest BCUT2D eigenvalue weighted by Gasteiger charge is 2.30. The second kappa shape index (κ2) is 9.91. The number of rotatable bonds is 7. The van der Waals surface area contributed by atoms with Crippen LogP contribution in [-0.4, -0.2) is 54.6 Å². The van der Waals surface area contributed by atoms with Gasteiger partial charge in [0.2, 0.25) is 0 Å². The van der Waals surface area contributed by atoms with Crippen molar-refractivity contribution in [2.45, 2.75) is 45.6 Å². The summed E-state index contributed by atoms with van der Waals surface area (Å²) in [5.74, 6) is -0.921. The van der Waals surface area contributed by atoms with Crippen LogP contribution in [0.3, 0.4) is 0 Å². The topological polar surface area (TPSA) is 108 Å². The lowest BCUT2D eigenvalue weighted by Gasteiger charge is -2.24. The molecule has 1 fully saturated rings. The van der Waals surface area contributed by atoms with E-state index in [9.17, 15) is 19.7 Å². The van der Waals surface area contributed by atoms with Crippen molar-refractivity contribution in [1.29, 1.82) is 0 Å². The summed E-state index contributed by atoms with van der Waals surface area (Å²) < 4.78 is 15.7. The average molecular weight is 394 g/mol. The number of carbonyl (C=O) groups is 2. The zero-order valence-electron chi connectivity index (χ0n) is 16.4. The van der Waals surface area contributed by atoms with Crippen LogP contribution in [0, 0.1) is 10.1 Å². The van der Waals surface area contributed by atoms with Crippen LogP contribution in [0.25, 0.3) is 0 Å². The lowest BCUT2D eigenvalue weighted by molar-refractivity contribution is -0.385. The van der Waals surface area contributed by atoms with Crippen molar-refractivity contribution in [2.75, 3.05) is 26.8 Å². The van der Waals surface area contributed by atoms with Gasteiger partial charge in [-0.3, -0.25) is 14.9 Å². The van der Waals surface area contributed by atoms with Gasteiger partial charge in [0.15, 0.2) is 17.6 Å². The first-order valence-electron chi connectivity index (χ1n) is 9.38. The van der Waals surface area contributed by atoms with Crippen molar-refractivity contribution in [3.05, 3.63) is 27.8 Å². The molecule has 9 heteroatoms. The number of nitro groups is 1. The number of nitrogens with zero attached hydrogens (tertiary/aromatic N) is 2. The van der Waals surface area contributed by atoms with E-state index in [1.807, 2.05) is 0 Å². The van der Waals surface area contributed by atoms with E-state index in [0.717, 1.165) is 31.7 Å². The van der Waals surface area contributed by atoms with Gasteiger partial charge in [-0.15, -0.1) is 0 Å². The summed E-state index contributed by atoms with van der Waals surface area (Å²) in [6, 6.07) is 2.33. The minimum absolute atomic E-state index is 0.138. The maximum Gasteiger partial charge on any atom is 0.346 e. The molecule has 1 amide bonds. The van der Waals surface area contributed by atoms with Crippen LogP contribution < -0.4 is 9.47 Å². The summed E-state index contributed by atoms with van der Waals surface area (Å²) in [7, 11) is 1.35. The number of methoxy groups -OCH3 is 1. The lowest BCUT2D eigenvalue weighted by atomic mass is 10.1. The second-order valence-corrected chi connectivity index (χ2v) is 6.50. The van der Waals surface area contributed by atoms with E-state index in [1.165, 1.54) is 20.1 Å². The molecule has 0 radical (unpaired) electrons. The predicted octanol–water partition coefficient (Wildman–Crippen LogP) is 2.95. The summed E-state index contributed by atoms with van der Waals surface area (Å²) in [5.41, 5.74) is -0.760. The third kappa shape index (κ3) is 5.11. The van der Waals surface area contributed by atoms with E-state index in [2.05, 4.69) is 0 Å². The molecule has 9 nitrogen and oxygen atoms in total. The average Bonchev–Trinajstić information content (AvgIpc) is 2.96. The van der Waals surface area contributed by atoms with Crippen molar-refractivity contribution in [1.82, 2.24) is 4.90 Å². The molecule has 0 saturated carbocycles. The molecule has 0 bridgehead atoms. The van der Waals surface area contributed by atoms with Crippen LogP contribution in [0.2, 0.25) is 0 Å². The molecule has 2 rings (SSSR count). The summed E-state index contributed by atoms with van der Waals surface area (Å²) in [6.45, 7) is 4.74. The summed E-state index contributed by atoms with van der Waals surface area (Å²) >= 11 is 0. The van der Waals surface area contributed by atoms with E-state index < -0.39 is 22.7 Å². The Hall–Kier alpha value is -2.84. The molecule has 1 aromatic carbocycles. The Morgan fingerprint density at radius 1 is 1.18 bits per heavy atom. The fourth-order valence-corrected chi connectivity index (χ4v) is 3.11. The van der Waals surface area contributed by atoms with Gasteiger partial charge in [0.25, 0.3) is 11.6 Å². The molecule has 154 valence electrons. The fourth-order valence-electron chi connectivity index (χ4n) is 3.11. The van der Waals surface area contributed by atoms with Crippen LogP contribution in [0.15, 0.2) is 12.1 Å². The zero-order valence-corrected chi connectivity index (χ0v) is 16.4. The molecular weight excluding hydrogens is 368 g/mol. The number of esters is 1. The second-order valence-electron chi connectivity index (χ2n) is 6.50. The van der Waals surface area contributed by atoms with Crippen LogP contribution in [0.1, 0.15) is 49.9 Å². The normalized spacial score (nSPS) is 15.3. The number of ether oxygens (including phenoxy) is 3. The minimum atomic E-state index is -1.04. The Kier molecular flexibility index (Phi) is 7.60. The summed E-state index contributed by atoms with van der Waals surface area (Å²) in [4.78, 5) is 37.6. The molecule has 0 aliphatic carbocycles. The molecule has 0 spiro atoms. The molecule has 28 heavy (non-hydrogen) atoms. The molecular formula is C19H26N2O7. The first-order chi connectivity index (χ1) is 13.4. The Bertz CT molecular complexity index is 727. The predicted molar refractivity (Wildman–Crippen MR) is 101 cm³/mol. The molecule has 0 unspecified atom stereocenters. The highest BCUT2D eigenvalue weighted by Crippen LogP contribution is 2.35. The molecule has 0 N–H and O–H groups in total. The molecule has 1 aliphatic heterocycles. The van der Waals surface area contributed by atoms with Gasteiger partial charge in [0.1, 0.15) is 5.56 Å². The van der Waals surface area contributed by atoms with Gasteiger partial charge in [-0.1, -0.05) is 12.8 Å².